The summed E-state index contributed by atoms with van der Waals surface area (Å²) in [6.07, 6.45) is 4.93. The third-order valence-corrected chi connectivity index (χ3v) is 8.19. The first-order chi connectivity index (χ1) is 22.2. The average Bonchev–Trinajstić information content (AvgIpc) is 3.10. The Morgan fingerprint density at radius 3 is 1.64 bits per heavy atom. The van der Waals surface area contributed by atoms with Gasteiger partial charge in [0.15, 0.2) is 0 Å². The summed E-state index contributed by atoms with van der Waals surface area (Å²) in [5, 5.41) is 25.4. The van der Waals surface area contributed by atoms with Crippen molar-refractivity contribution in [3.05, 3.63) is 161 Å². The number of fused-ring (bicyclic) bond motifs is 3. The smallest absolute Gasteiger partial charge is 0.150 e. The van der Waals surface area contributed by atoms with Crippen LogP contribution in [0.3, 0.4) is 0 Å². The SMILES string of the molecule is N#Cc1c2ccccc2c(C#N)c2cc(C=Cc3ccc(N(c4ccc(C=O)cc4)c4cccc5ccccc45)cc3)ccc12. The molecular weight excluding hydrogens is 550 g/mol. The minimum absolute atomic E-state index is 0.578. The lowest BCUT2D eigenvalue weighted by atomic mass is 9.91. The van der Waals surface area contributed by atoms with Crippen molar-refractivity contribution in [3.63, 3.8) is 0 Å². The predicted molar refractivity (Wildman–Crippen MR) is 184 cm³/mol. The van der Waals surface area contributed by atoms with Crippen molar-refractivity contribution in [1.82, 2.24) is 0 Å². The topological polar surface area (TPSA) is 67.9 Å². The molecule has 4 nitrogen and oxygen atoms in total. The Balaban J connectivity index is 1.26. The molecule has 0 bridgehead atoms. The van der Waals surface area contributed by atoms with Gasteiger partial charge in [-0.05, 0) is 65.0 Å². The Morgan fingerprint density at radius 1 is 0.489 bits per heavy atom. The van der Waals surface area contributed by atoms with Gasteiger partial charge in [-0.15, -0.1) is 0 Å². The average molecular weight is 576 g/mol. The third-order valence-electron chi connectivity index (χ3n) is 8.19. The molecule has 0 radical (unpaired) electrons. The molecule has 0 atom stereocenters. The Kier molecular flexibility index (Phi) is 7.08. The van der Waals surface area contributed by atoms with Gasteiger partial charge in [-0.25, -0.2) is 0 Å². The molecule has 45 heavy (non-hydrogen) atoms. The molecule has 4 heteroatoms. The van der Waals surface area contributed by atoms with Crippen LogP contribution in [-0.4, -0.2) is 6.29 Å². The minimum Gasteiger partial charge on any atom is -0.310 e. The van der Waals surface area contributed by atoms with E-state index in [-0.39, 0.29) is 0 Å². The summed E-state index contributed by atoms with van der Waals surface area (Å²) >= 11 is 0. The van der Waals surface area contributed by atoms with Crippen molar-refractivity contribution in [2.45, 2.75) is 0 Å². The van der Waals surface area contributed by atoms with E-state index in [1.54, 1.807) is 0 Å². The summed E-state index contributed by atoms with van der Waals surface area (Å²) in [5.41, 5.74) is 6.74. The number of anilines is 3. The van der Waals surface area contributed by atoms with E-state index in [4.69, 9.17) is 0 Å². The van der Waals surface area contributed by atoms with E-state index >= 15 is 0 Å². The summed E-state index contributed by atoms with van der Waals surface area (Å²) in [7, 11) is 0. The van der Waals surface area contributed by atoms with Crippen molar-refractivity contribution < 1.29 is 4.79 Å². The van der Waals surface area contributed by atoms with Crippen LogP contribution in [0.15, 0.2) is 133 Å². The van der Waals surface area contributed by atoms with Gasteiger partial charge in [-0.3, -0.25) is 4.79 Å². The molecular formula is C41H25N3O. The molecule has 0 aliphatic heterocycles. The normalized spacial score (nSPS) is 11.1. The zero-order valence-corrected chi connectivity index (χ0v) is 24.2. The van der Waals surface area contributed by atoms with Crippen molar-refractivity contribution in [1.29, 1.82) is 10.5 Å². The molecule has 0 saturated heterocycles. The van der Waals surface area contributed by atoms with Crippen LogP contribution >= 0.6 is 0 Å². The number of nitriles is 2. The van der Waals surface area contributed by atoms with E-state index in [0.717, 1.165) is 66.8 Å². The molecule has 0 spiro atoms. The summed E-state index contributed by atoms with van der Waals surface area (Å²) in [4.78, 5) is 13.5. The second-order valence-corrected chi connectivity index (χ2v) is 10.8. The molecule has 0 unspecified atom stereocenters. The highest BCUT2D eigenvalue weighted by Crippen LogP contribution is 2.39. The lowest BCUT2D eigenvalue weighted by Gasteiger charge is -2.27. The standard InChI is InChI=1S/C41H25N3O/c42-25-39-35-9-3-4-10-36(35)40(26-43)38-24-29(18-23-37(38)39)13-12-28-14-19-32(20-15-28)44(33-21-16-30(27-45)17-22-33)41-11-5-7-31-6-1-2-8-34(31)41/h1-24,27H. The van der Waals surface area contributed by atoms with Gasteiger partial charge in [0.25, 0.3) is 0 Å². The summed E-state index contributed by atoms with van der Waals surface area (Å²) < 4.78 is 0. The Labute approximate surface area is 260 Å². The van der Waals surface area contributed by atoms with Gasteiger partial charge in [0.1, 0.15) is 18.4 Å². The number of nitrogens with zero attached hydrogens (tertiary/aromatic N) is 3. The van der Waals surface area contributed by atoms with Gasteiger partial charge in [0.05, 0.1) is 16.8 Å². The van der Waals surface area contributed by atoms with Crippen LogP contribution in [0.25, 0.3) is 44.5 Å². The number of carbonyl (C=O) groups excluding carboxylic acids is 1. The number of rotatable bonds is 6. The van der Waals surface area contributed by atoms with E-state index in [1.807, 2.05) is 91.0 Å². The zero-order valence-electron chi connectivity index (χ0n) is 24.2. The van der Waals surface area contributed by atoms with Crippen molar-refractivity contribution in [3.8, 4) is 12.1 Å². The van der Waals surface area contributed by atoms with Gasteiger partial charge in [0.2, 0.25) is 0 Å². The largest absolute Gasteiger partial charge is 0.310 e. The van der Waals surface area contributed by atoms with E-state index in [0.29, 0.717) is 16.7 Å². The van der Waals surface area contributed by atoms with Crippen LogP contribution in [0.1, 0.15) is 32.6 Å². The van der Waals surface area contributed by atoms with Crippen molar-refractivity contribution >= 4 is 67.8 Å². The lowest BCUT2D eigenvalue weighted by Crippen LogP contribution is -2.10. The highest BCUT2D eigenvalue weighted by atomic mass is 16.1. The van der Waals surface area contributed by atoms with E-state index < -0.39 is 0 Å². The quantitative estimate of drug-likeness (QED) is 0.112. The number of carbonyl (C=O) groups is 1. The monoisotopic (exact) mass is 575 g/mol. The van der Waals surface area contributed by atoms with E-state index in [1.165, 1.54) is 0 Å². The van der Waals surface area contributed by atoms with Gasteiger partial charge >= 0.3 is 0 Å². The molecule has 0 heterocycles. The van der Waals surface area contributed by atoms with Crippen LogP contribution in [-0.2, 0) is 0 Å². The van der Waals surface area contributed by atoms with Crippen LogP contribution < -0.4 is 4.90 Å². The first-order valence-electron chi connectivity index (χ1n) is 14.6. The van der Waals surface area contributed by atoms with Crippen LogP contribution in [0.4, 0.5) is 17.1 Å². The molecule has 0 saturated carbocycles. The first-order valence-corrected chi connectivity index (χ1v) is 14.6. The number of benzene rings is 7. The van der Waals surface area contributed by atoms with Gasteiger partial charge < -0.3 is 4.90 Å². The molecule has 0 N–H and O–H groups in total. The first kappa shape index (κ1) is 27.3. The lowest BCUT2D eigenvalue weighted by molar-refractivity contribution is 0.112. The second-order valence-electron chi connectivity index (χ2n) is 10.8. The Morgan fingerprint density at radius 2 is 1.00 bits per heavy atom. The van der Waals surface area contributed by atoms with Crippen molar-refractivity contribution in [2.24, 2.45) is 0 Å². The molecule has 7 rings (SSSR count). The number of aldehydes is 1. The fraction of sp³-hybridized carbons (Fsp3) is 0. The minimum atomic E-state index is 0.578. The second kappa shape index (κ2) is 11.7. The maximum Gasteiger partial charge on any atom is 0.150 e. The van der Waals surface area contributed by atoms with Crippen LogP contribution in [0.5, 0.6) is 0 Å². The molecule has 7 aromatic rings. The maximum absolute atomic E-state index is 11.3. The van der Waals surface area contributed by atoms with E-state index in [2.05, 4.69) is 71.6 Å². The number of hydrogen-bond donors (Lipinski definition) is 0. The zero-order chi connectivity index (χ0) is 30.8. The predicted octanol–water partition coefficient (Wildman–Crippen LogP) is 10.3. The van der Waals surface area contributed by atoms with E-state index in [9.17, 15) is 15.3 Å². The summed E-state index contributed by atoms with van der Waals surface area (Å²) in [6.45, 7) is 0. The highest BCUT2D eigenvalue weighted by Gasteiger charge is 2.16. The molecule has 0 aromatic heterocycles. The van der Waals surface area contributed by atoms with Gasteiger partial charge in [-0.1, -0.05) is 97.1 Å². The molecule has 0 fully saturated rings. The molecule has 0 amide bonds. The van der Waals surface area contributed by atoms with Crippen LogP contribution in [0, 0.1) is 22.7 Å². The molecule has 7 aromatic carbocycles. The third kappa shape index (κ3) is 4.97. The maximum atomic E-state index is 11.3. The highest BCUT2D eigenvalue weighted by molar-refractivity contribution is 6.10. The fourth-order valence-electron chi connectivity index (χ4n) is 6.00. The summed E-state index contributed by atoms with van der Waals surface area (Å²) in [6, 6.07) is 48.7. The Hall–Kier alpha value is -6.49. The number of hydrogen-bond acceptors (Lipinski definition) is 4. The van der Waals surface area contributed by atoms with Crippen LogP contribution in [0.2, 0.25) is 0 Å². The van der Waals surface area contributed by atoms with Gasteiger partial charge in [-0.2, -0.15) is 10.5 Å². The molecule has 210 valence electrons. The van der Waals surface area contributed by atoms with Gasteiger partial charge in [0, 0.05) is 43.9 Å². The summed E-state index contributed by atoms with van der Waals surface area (Å²) in [5.74, 6) is 0. The Bertz CT molecular complexity index is 2350. The fourth-order valence-corrected chi connectivity index (χ4v) is 6.00. The van der Waals surface area contributed by atoms with Crippen molar-refractivity contribution in [2.75, 3.05) is 4.90 Å². The molecule has 0 aliphatic rings. The molecule has 0 aliphatic carbocycles.